The van der Waals surface area contributed by atoms with Crippen LogP contribution >= 0.6 is 0 Å². The van der Waals surface area contributed by atoms with E-state index >= 15 is 0 Å². The molecule has 0 saturated carbocycles. The van der Waals surface area contributed by atoms with Gasteiger partial charge in [-0.15, -0.1) is 6.42 Å². The summed E-state index contributed by atoms with van der Waals surface area (Å²) in [6.07, 6.45) is 5.60. The monoisotopic (exact) mass is 215 g/mol. The molecule has 1 aliphatic rings. The van der Waals surface area contributed by atoms with Crippen LogP contribution in [-0.4, -0.2) is 29.4 Å². The van der Waals surface area contributed by atoms with Crippen molar-refractivity contribution in [2.24, 2.45) is 0 Å². The first-order valence-electron chi connectivity index (χ1n) is 4.35. The number of carbonyl (C=O) groups excluding carboxylic acids is 1. The number of nitrogens with zero attached hydrogens (tertiary/aromatic N) is 1. The van der Waals surface area contributed by atoms with E-state index in [1.807, 2.05) is 0 Å². The maximum atomic E-state index is 11.6. The van der Waals surface area contributed by atoms with E-state index in [0.717, 1.165) is 4.31 Å². The average Bonchev–Trinajstić information content (AvgIpc) is 2.12. The van der Waals surface area contributed by atoms with Crippen LogP contribution in [0.3, 0.4) is 0 Å². The number of rotatable bonds is 2. The van der Waals surface area contributed by atoms with Crippen LogP contribution in [0.4, 0.5) is 0 Å². The van der Waals surface area contributed by atoms with Gasteiger partial charge in [0.25, 0.3) is 15.9 Å². The minimum absolute atomic E-state index is 0.415. The highest BCUT2D eigenvalue weighted by atomic mass is 32.2. The van der Waals surface area contributed by atoms with Crippen molar-refractivity contribution in [2.45, 2.75) is 38.0 Å². The molecule has 0 radical (unpaired) electrons. The molecule has 0 N–H and O–H groups in total. The highest BCUT2D eigenvalue weighted by Crippen LogP contribution is 2.36. The summed E-state index contributed by atoms with van der Waals surface area (Å²) in [6.45, 7) is 4.54. The number of sulfonamides is 1. The highest BCUT2D eigenvalue weighted by molar-refractivity contribution is 7.94. The Morgan fingerprint density at radius 2 is 2.07 bits per heavy atom. The van der Waals surface area contributed by atoms with Crippen LogP contribution in [0.25, 0.3) is 0 Å². The summed E-state index contributed by atoms with van der Waals surface area (Å²) in [5.74, 6) is 1.89. The zero-order chi connectivity index (χ0) is 11.1. The number of hydrogen-bond acceptors (Lipinski definition) is 3. The lowest BCUT2D eigenvalue weighted by Gasteiger charge is -2.45. The fourth-order valence-electron chi connectivity index (χ4n) is 1.35. The first kappa shape index (κ1) is 11.1. The van der Waals surface area contributed by atoms with E-state index in [0.29, 0.717) is 6.42 Å². The molecular formula is C9H13NO3S. The fourth-order valence-corrected chi connectivity index (χ4v) is 3.02. The van der Waals surface area contributed by atoms with Gasteiger partial charge in [-0.05, 0) is 20.3 Å². The van der Waals surface area contributed by atoms with Crippen molar-refractivity contribution in [3.05, 3.63) is 0 Å². The third kappa shape index (κ3) is 1.07. The van der Waals surface area contributed by atoms with Crippen LogP contribution in [0.2, 0.25) is 0 Å². The Balaban J connectivity index is 3.10. The van der Waals surface area contributed by atoms with Gasteiger partial charge >= 0.3 is 0 Å². The van der Waals surface area contributed by atoms with Crippen molar-refractivity contribution in [1.29, 1.82) is 0 Å². The maximum absolute atomic E-state index is 11.6. The predicted octanol–water partition coefficient (Wildman–Crippen LogP) is 0.349. The molecule has 1 heterocycles. The van der Waals surface area contributed by atoms with Crippen molar-refractivity contribution in [3.8, 4) is 12.3 Å². The van der Waals surface area contributed by atoms with Gasteiger partial charge in [0.05, 0.1) is 0 Å². The van der Waals surface area contributed by atoms with Crippen molar-refractivity contribution in [1.82, 2.24) is 4.31 Å². The first-order valence-corrected chi connectivity index (χ1v) is 5.79. The molecular weight excluding hydrogens is 202 g/mol. The normalized spacial score (nSPS) is 25.0. The van der Waals surface area contributed by atoms with Gasteiger partial charge in [-0.1, -0.05) is 12.8 Å². The van der Waals surface area contributed by atoms with Crippen molar-refractivity contribution < 1.29 is 13.2 Å². The van der Waals surface area contributed by atoms with Crippen molar-refractivity contribution in [3.63, 3.8) is 0 Å². The minimum Gasteiger partial charge on any atom is -0.272 e. The molecule has 1 aliphatic heterocycles. The molecule has 0 spiro atoms. The number of amides is 1. The molecule has 1 unspecified atom stereocenters. The first-order chi connectivity index (χ1) is 6.30. The van der Waals surface area contributed by atoms with Crippen molar-refractivity contribution >= 4 is 15.9 Å². The van der Waals surface area contributed by atoms with E-state index < -0.39 is 26.7 Å². The summed E-state index contributed by atoms with van der Waals surface area (Å²) in [7, 11) is -3.53. The summed E-state index contributed by atoms with van der Waals surface area (Å²) in [4.78, 5) is 11.5. The Hall–Kier alpha value is -1.02. The second kappa shape index (κ2) is 2.99. The summed E-state index contributed by atoms with van der Waals surface area (Å²) in [5, 5.41) is 0. The molecule has 14 heavy (non-hydrogen) atoms. The molecule has 78 valence electrons. The molecule has 5 heteroatoms. The Morgan fingerprint density at radius 3 is 2.36 bits per heavy atom. The average molecular weight is 215 g/mol. The van der Waals surface area contributed by atoms with E-state index in [1.54, 1.807) is 6.92 Å². The zero-order valence-electron chi connectivity index (χ0n) is 8.44. The molecule has 0 bridgehead atoms. The van der Waals surface area contributed by atoms with Gasteiger partial charge in [0.2, 0.25) is 0 Å². The molecule has 1 rings (SSSR count). The second-order valence-corrected chi connectivity index (χ2v) is 6.07. The van der Waals surface area contributed by atoms with Crippen LogP contribution in [0.5, 0.6) is 0 Å². The molecule has 1 amide bonds. The Labute approximate surface area is 84.3 Å². The van der Waals surface area contributed by atoms with Crippen LogP contribution in [0, 0.1) is 12.3 Å². The molecule has 0 aliphatic carbocycles. The third-order valence-electron chi connectivity index (χ3n) is 2.48. The topological polar surface area (TPSA) is 54.5 Å². The summed E-state index contributed by atoms with van der Waals surface area (Å²) in [6, 6.07) is -0.638. The van der Waals surface area contributed by atoms with Crippen LogP contribution < -0.4 is 0 Å². The maximum Gasteiger partial charge on any atom is 0.260 e. The van der Waals surface area contributed by atoms with Crippen molar-refractivity contribution in [2.75, 3.05) is 0 Å². The summed E-state index contributed by atoms with van der Waals surface area (Å²) < 4.78 is 22.8. The lowest BCUT2D eigenvalue weighted by atomic mass is 10.1. The lowest BCUT2D eigenvalue weighted by Crippen LogP contribution is -2.69. The molecule has 1 atom stereocenters. The smallest absolute Gasteiger partial charge is 0.260 e. The lowest BCUT2D eigenvalue weighted by molar-refractivity contribution is -0.133. The van der Waals surface area contributed by atoms with Crippen LogP contribution in [0.1, 0.15) is 27.2 Å². The SMILES string of the molecule is C#CC(CC)N1C(=O)C(C)(C)S1(=O)=O. The van der Waals surface area contributed by atoms with Gasteiger partial charge in [-0.3, -0.25) is 4.79 Å². The van der Waals surface area contributed by atoms with Crippen LogP contribution in [-0.2, 0) is 14.8 Å². The molecule has 1 fully saturated rings. The van der Waals surface area contributed by atoms with Gasteiger partial charge in [0.15, 0.2) is 4.75 Å². The van der Waals surface area contributed by atoms with Gasteiger partial charge in [0.1, 0.15) is 6.04 Å². The Bertz CT molecular complexity index is 402. The molecule has 4 nitrogen and oxygen atoms in total. The zero-order valence-corrected chi connectivity index (χ0v) is 9.26. The largest absolute Gasteiger partial charge is 0.272 e. The Kier molecular flexibility index (Phi) is 2.36. The van der Waals surface area contributed by atoms with E-state index in [-0.39, 0.29) is 0 Å². The van der Waals surface area contributed by atoms with E-state index in [9.17, 15) is 13.2 Å². The molecule has 0 aromatic heterocycles. The van der Waals surface area contributed by atoms with Gasteiger partial charge < -0.3 is 0 Å². The van der Waals surface area contributed by atoms with E-state index in [1.165, 1.54) is 13.8 Å². The summed E-state index contributed by atoms with van der Waals surface area (Å²) in [5.41, 5.74) is 0. The Morgan fingerprint density at radius 1 is 1.57 bits per heavy atom. The highest BCUT2D eigenvalue weighted by Gasteiger charge is 2.61. The van der Waals surface area contributed by atoms with E-state index in [4.69, 9.17) is 6.42 Å². The quantitative estimate of drug-likeness (QED) is 0.624. The second-order valence-electron chi connectivity index (χ2n) is 3.71. The van der Waals surface area contributed by atoms with E-state index in [2.05, 4.69) is 5.92 Å². The van der Waals surface area contributed by atoms with Gasteiger partial charge in [-0.2, -0.15) is 0 Å². The molecule has 1 saturated heterocycles. The summed E-state index contributed by atoms with van der Waals surface area (Å²) >= 11 is 0. The molecule has 0 aromatic carbocycles. The fraction of sp³-hybridized carbons (Fsp3) is 0.667. The molecule has 0 aromatic rings. The predicted molar refractivity (Wildman–Crippen MR) is 52.8 cm³/mol. The van der Waals surface area contributed by atoms with Gasteiger partial charge in [-0.25, -0.2) is 12.7 Å². The number of carbonyl (C=O) groups is 1. The third-order valence-corrected chi connectivity index (χ3v) is 4.88. The van der Waals surface area contributed by atoms with Gasteiger partial charge in [0, 0.05) is 0 Å². The number of terminal acetylenes is 1. The number of hydrogen-bond donors (Lipinski definition) is 0. The standard InChI is InChI=1S/C9H13NO3S/c1-5-7(6-2)10-8(11)9(3,4)14(10,12)13/h1,7H,6H2,2-4H3. The minimum atomic E-state index is -3.53. The van der Waals surface area contributed by atoms with Crippen LogP contribution in [0.15, 0.2) is 0 Å².